The number of ether oxygens (including phenoxy) is 1. The van der Waals surface area contributed by atoms with Crippen LogP contribution in [0.4, 0.5) is 0 Å². The van der Waals surface area contributed by atoms with E-state index in [0.29, 0.717) is 6.04 Å². The first-order chi connectivity index (χ1) is 10.2. The minimum atomic E-state index is 0.696. The molecule has 4 nitrogen and oxygen atoms in total. The lowest BCUT2D eigenvalue weighted by atomic mass is 9.98. The fourth-order valence-corrected chi connectivity index (χ4v) is 3.93. The van der Waals surface area contributed by atoms with Crippen LogP contribution in [0.25, 0.3) is 0 Å². The fraction of sp³-hybridized carbons (Fsp3) is 0.706. The monoisotopic (exact) mass is 289 g/mol. The quantitative estimate of drug-likeness (QED) is 0.904. The maximum atomic E-state index is 5.37. The molecule has 2 unspecified atom stereocenters. The Bertz CT molecular complexity index is 479. The molecule has 2 fully saturated rings. The van der Waals surface area contributed by atoms with Crippen LogP contribution in [0.1, 0.15) is 44.0 Å². The van der Waals surface area contributed by atoms with Gasteiger partial charge in [-0.2, -0.15) is 0 Å². The van der Waals surface area contributed by atoms with Crippen LogP contribution in [0.2, 0.25) is 0 Å². The third-order valence-electron chi connectivity index (χ3n) is 4.95. The first-order valence-electron chi connectivity index (χ1n) is 8.19. The molecule has 0 saturated carbocycles. The molecular weight excluding hydrogens is 262 g/mol. The standard InChI is InChI=1S/C17H27N3O/c1-4-20(16-8-13-5-6-14(9-16)19-13)11-15-10-17(21-3)7-12(2)18-15/h7,10,13-14,16,19H,4-6,8-9,11H2,1-3H3. The summed E-state index contributed by atoms with van der Waals surface area (Å²) in [6, 6.07) is 6.24. The highest BCUT2D eigenvalue weighted by atomic mass is 16.5. The molecule has 2 aliphatic rings. The van der Waals surface area contributed by atoms with Crippen LogP contribution < -0.4 is 10.1 Å². The zero-order chi connectivity index (χ0) is 14.8. The number of nitrogens with one attached hydrogen (secondary N) is 1. The van der Waals surface area contributed by atoms with Gasteiger partial charge in [0.05, 0.1) is 12.8 Å². The van der Waals surface area contributed by atoms with Gasteiger partial charge in [0.2, 0.25) is 0 Å². The fourth-order valence-electron chi connectivity index (χ4n) is 3.93. The van der Waals surface area contributed by atoms with Gasteiger partial charge in [-0.3, -0.25) is 9.88 Å². The molecule has 2 aliphatic heterocycles. The van der Waals surface area contributed by atoms with Crippen molar-refractivity contribution in [2.45, 2.75) is 64.2 Å². The molecule has 0 aliphatic carbocycles. The van der Waals surface area contributed by atoms with Crippen molar-refractivity contribution >= 4 is 0 Å². The molecular formula is C17H27N3O. The van der Waals surface area contributed by atoms with Crippen LogP contribution in [0.15, 0.2) is 12.1 Å². The third kappa shape index (κ3) is 3.38. The molecule has 3 heterocycles. The van der Waals surface area contributed by atoms with Gasteiger partial charge in [-0.1, -0.05) is 6.92 Å². The SMILES string of the molecule is CCN(Cc1cc(OC)cc(C)n1)C1CC2CCC(C1)N2. The van der Waals surface area contributed by atoms with E-state index in [9.17, 15) is 0 Å². The molecule has 1 aromatic rings. The number of piperidine rings is 1. The number of fused-ring (bicyclic) bond motifs is 2. The van der Waals surface area contributed by atoms with Crippen molar-refractivity contribution in [2.75, 3.05) is 13.7 Å². The number of aryl methyl sites for hydroxylation is 1. The molecule has 0 spiro atoms. The van der Waals surface area contributed by atoms with Crippen LogP contribution in [0.5, 0.6) is 5.75 Å². The van der Waals surface area contributed by atoms with E-state index >= 15 is 0 Å². The highest BCUT2D eigenvalue weighted by molar-refractivity contribution is 5.26. The minimum absolute atomic E-state index is 0.696. The Labute approximate surface area is 127 Å². The summed E-state index contributed by atoms with van der Waals surface area (Å²) >= 11 is 0. The number of hydrogen-bond donors (Lipinski definition) is 1. The largest absolute Gasteiger partial charge is 0.497 e. The molecule has 2 saturated heterocycles. The zero-order valence-electron chi connectivity index (χ0n) is 13.4. The summed E-state index contributed by atoms with van der Waals surface area (Å²) in [6.07, 6.45) is 5.28. The lowest BCUT2D eigenvalue weighted by molar-refractivity contribution is 0.139. The number of aromatic nitrogens is 1. The minimum Gasteiger partial charge on any atom is -0.497 e. The van der Waals surface area contributed by atoms with Crippen molar-refractivity contribution in [3.63, 3.8) is 0 Å². The average Bonchev–Trinajstić information content (AvgIpc) is 2.82. The molecule has 3 rings (SSSR count). The van der Waals surface area contributed by atoms with Crippen molar-refractivity contribution < 1.29 is 4.74 Å². The summed E-state index contributed by atoms with van der Waals surface area (Å²) in [5, 5.41) is 3.73. The van der Waals surface area contributed by atoms with Gasteiger partial charge in [0.15, 0.2) is 0 Å². The Balaban J connectivity index is 1.71. The summed E-state index contributed by atoms with van der Waals surface area (Å²) in [5.41, 5.74) is 2.16. The smallest absolute Gasteiger partial charge is 0.122 e. The second-order valence-corrected chi connectivity index (χ2v) is 6.47. The highest BCUT2D eigenvalue weighted by Crippen LogP contribution is 2.30. The summed E-state index contributed by atoms with van der Waals surface area (Å²) < 4.78 is 5.37. The Kier molecular flexibility index (Phi) is 4.45. The average molecular weight is 289 g/mol. The summed E-state index contributed by atoms with van der Waals surface area (Å²) in [5.74, 6) is 0.916. The van der Waals surface area contributed by atoms with E-state index in [1.165, 1.54) is 25.7 Å². The third-order valence-corrected chi connectivity index (χ3v) is 4.95. The molecule has 21 heavy (non-hydrogen) atoms. The van der Waals surface area contributed by atoms with Crippen molar-refractivity contribution in [3.05, 3.63) is 23.5 Å². The van der Waals surface area contributed by atoms with Gasteiger partial charge >= 0.3 is 0 Å². The van der Waals surface area contributed by atoms with Crippen molar-refractivity contribution in [3.8, 4) is 5.75 Å². The molecule has 2 bridgehead atoms. The Morgan fingerprint density at radius 1 is 1.29 bits per heavy atom. The van der Waals surface area contributed by atoms with Crippen LogP contribution in [0.3, 0.4) is 0 Å². The molecule has 4 heteroatoms. The molecule has 0 aromatic carbocycles. The highest BCUT2D eigenvalue weighted by Gasteiger charge is 2.35. The van der Waals surface area contributed by atoms with E-state index in [1.807, 2.05) is 13.0 Å². The van der Waals surface area contributed by atoms with Crippen molar-refractivity contribution in [1.29, 1.82) is 0 Å². The van der Waals surface area contributed by atoms with Crippen molar-refractivity contribution in [2.24, 2.45) is 0 Å². The molecule has 0 radical (unpaired) electrons. The predicted octanol–water partition coefficient (Wildman–Crippen LogP) is 2.50. The summed E-state index contributed by atoms with van der Waals surface area (Å²) in [4.78, 5) is 7.27. The number of rotatable bonds is 5. The zero-order valence-corrected chi connectivity index (χ0v) is 13.4. The van der Waals surface area contributed by atoms with Gasteiger partial charge in [-0.05, 0) is 39.2 Å². The second-order valence-electron chi connectivity index (χ2n) is 6.47. The molecule has 1 aromatic heterocycles. The summed E-state index contributed by atoms with van der Waals surface area (Å²) in [7, 11) is 1.72. The Morgan fingerprint density at radius 3 is 2.62 bits per heavy atom. The van der Waals surface area contributed by atoms with Gasteiger partial charge in [-0.25, -0.2) is 0 Å². The number of methoxy groups -OCH3 is 1. The molecule has 0 amide bonds. The first kappa shape index (κ1) is 14.8. The van der Waals surface area contributed by atoms with Crippen molar-refractivity contribution in [1.82, 2.24) is 15.2 Å². The van der Waals surface area contributed by atoms with Crippen LogP contribution in [0, 0.1) is 6.92 Å². The topological polar surface area (TPSA) is 37.4 Å². The molecule has 116 valence electrons. The normalized spacial score (nSPS) is 28.1. The summed E-state index contributed by atoms with van der Waals surface area (Å²) in [6.45, 7) is 6.31. The molecule has 2 atom stereocenters. The number of pyridine rings is 1. The van der Waals surface area contributed by atoms with Crippen LogP contribution in [-0.2, 0) is 6.54 Å². The first-order valence-corrected chi connectivity index (χ1v) is 8.19. The lowest BCUT2D eigenvalue weighted by Crippen LogP contribution is -2.48. The molecule has 1 N–H and O–H groups in total. The van der Waals surface area contributed by atoms with Gasteiger partial charge in [-0.15, -0.1) is 0 Å². The number of hydrogen-bond acceptors (Lipinski definition) is 4. The van der Waals surface area contributed by atoms with E-state index in [2.05, 4.69) is 28.2 Å². The van der Waals surface area contributed by atoms with Gasteiger partial charge in [0, 0.05) is 42.5 Å². The maximum absolute atomic E-state index is 5.37. The van der Waals surface area contributed by atoms with E-state index in [1.54, 1.807) is 7.11 Å². The number of nitrogens with zero attached hydrogens (tertiary/aromatic N) is 2. The predicted molar refractivity (Wildman–Crippen MR) is 84.6 cm³/mol. The Hall–Kier alpha value is -1.13. The Morgan fingerprint density at radius 2 is 2.00 bits per heavy atom. The van der Waals surface area contributed by atoms with E-state index in [0.717, 1.165) is 42.3 Å². The van der Waals surface area contributed by atoms with Gasteiger partial charge in [0.25, 0.3) is 0 Å². The van der Waals surface area contributed by atoms with E-state index < -0.39 is 0 Å². The van der Waals surface area contributed by atoms with E-state index in [4.69, 9.17) is 4.74 Å². The van der Waals surface area contributed by atoms with Gasteiger partial charge in [0.1, 0.15) is 5.75 Å². The van der Waals surface area contributed by atoms with Gasteiger partial charge < -0.3 is 10.1 Å². The maximum Gasteiger partial charge on any atom is 0.122 e. The lowest BCUT2D eigenvalue weighted by Gasteiger charge is -2.37. The second kappa shape index (κ2) is 6.32. The van der Waals surface area contributed by atoms with Crippen LogP contribution in [-0.4, -0.2) is 41.7 Å². The van der Waals surface area contributed by atoms with Crippen LogP contribution >= 0.6 is 0 Å². The van der Waals surface area contributed by atoms with E-state index in [-0.39, 0.29) is 0 Å².